The Bertz CT molecular complexity index is 1210. The number of alkyl halides is 6. The number of hydrogen-bond donors (Lipinski definition) is 1. The van der Waals surface area contributed by atoms with E-state index in [4.69, 9.17) is 34.8 Å². The molecule has 1 unspecified atom stereocenters. The Labute approximate surface area is 218 Å². The summed E-state index contributed by atoms with van der Waals surface area (Å²) in [6.45, 7) is 1.23. The van der Waals surface area contributed by atoms with Crippen LogP contribution in [-0.2, 0) is 9.84 Å². The lowest BCUT2D eigenvalue weighted by Gasteiger charge is -2.18. The quantitative estimate of drug-likeness (QED) is 0.261. The second-order valence-electron chi connectivity index (χ2n) is 7.84. The molecule has 2 atom stereocenters. The highest BCUT2D eigenvalue weighted by Gasteiger charge is 2.39. The minimum atomic E-state index is -4.90. The summed E-state index contributed by atoms with van der Waals surface area (Å²) in [5.74, 6) is -5.75. The standard InChI is InChI=1S/C22H18Cl3F6NO3S/c1-12(10-36(34,35)11-21(26,27)28)32-20(33)14-5-2-13(3-6-14)4-7-16(22(29,30)31)15-8-17(23)19(25)18(24)9-15/h2-9,12,16H,10-11H2,1H3,(H,32,33)/b7-4+/t12-,16?/m1/s1. The summed E-state index contributed by atoms with van der Waals surface area (Å²) in [5, 5.41) is 1.92. The minimum absolute atomic E-state index is 0.0239. The Kier molecular flexibility index (Phi) is 9.77. The first kappa shape index (κ1) is 30.3. The second kappa shape index (κ2) is 11.6. The van der Waals surface area contributed by atoms with Gasteiger partial charge in [-0.2, -0.15) is 26.3 Å². The number of sulfone groups is 1. The third-order valence-corrected chi connectivity index (χ3v) is 7.61. The van der Waals surface area contributed by atoms with E-state index in [1.807, 2.05) is 0 Å². The molecule has 14 heteroatoms. The van der Waals surface area contributed by atoms with Crippen LogP contribution in [0.25, 0.3) is 6.08 Å². The Hall–Kier alpha value is -1.95. The van der Waals surface area contributed by atoms with Gasteiger partial charge in [0.2, 0.25) is 0 Å². The molecule has 0 aromatic heterocycles. The molecular weight excluding hydrogens is 579 g/mol. The van der Waals surface area contributed by atoms with E-state index in [2.05, 4.69) is 5.32 Å². The molecule has 0 fully saturated rings. The third-order valence-electron chi connectivity index (χ3n) is 4.64. The van der Waals surface area contributed by atoms with Crippen molar-refractivity contribution in [3.05, 3.63) is 74.2 Å². The van der Waals surface area contributed by atoms with E-state index in [9.17, 15) is 39.6 Å². The minimum Gasteiger partial charge on any atom is -0.349 e. The molecule has 0 spiro atoms. The largest absolute Gasteiger partial charge is 0.402 e. The number of carbonyl (C=O) groups is 1. The number of carbonyl (C=O) groups excluding carboxylic acids is 1. The van der Waals surface area contributed by atoms with Gasteiger partial charge in [-0.15, -0.1) is 0 Å². The van der Waals surface area contributed by atoms with Gasteiger partial charge in [0.05, 0.1) is 26.7 Å². The maximum Gasteiger partial charge on any atom is 0.402 e. The molecule has 2 aromatic carbocycles. The summed E-state index contributed by atoms with van der Waals surface area (Å²) in [5.41, 5.74) is 0.0900. The lowest BCUT2D eigenvalue weighted by atomic mass is 9.97. The summed E-state index contributed by atoms with van der Waals surface area (Å²) in [7, 11) is -4.50. The fourth-order valence-corrected chi connectivity index (χ4v) is 5.23. The molecule has 0 heterocycles. The predicted octanol–water partition coefficient (Wildman–Crippen LogP) is 7.10. The zero-order chi connectivity index (χ0) is 27.5. The van der Waals surface area contributed by atoms with Gasteiger partial charge in [0.15, 0.2) is 9.84 Å². The summed E-state index contributed by atoms with van der Waals surface area (Å²) in [6, 6.07) is 6.21. The third kappa shape index (κ3) is 9.17. The highest BCUT2D eigenvalue weighted by molar-refractivity contribution is 7.91. The van der Waals surface area contributed by atoms with Crippen molar-refractivity contribution in [2.24, 2.45) is 0 Å². The zero-order valence-electron chi connectivity index (χ0n) is 18.2. The van der Waals surface area contributed by atoms with E-state index in [1.165, 1.54) is 37.3 Å². The van der Waals surface area contributed by atoms with Crippen LogP contribution < -0.4 is 5.32 Å². The van der Waals surface area contributed by atoms with Gasteiger partial charge >= 0.3 is 12.4 Å². The summed E-state index contributed by atoms with van der Waals surface area (Å²) < 4.78 is 101. The number of allylic oxidation sites excluding steroid dienone is 1. The van der Waals surface area contributed by atoms with Gasteiger partial charge in [0.25, 0.3) is 5.91 Å². The molecule has 0 saturated carbocycles. The van der Waals surface area contributed by atoms with E-state index in [-0.39, 0.29) is 26.2 Å². The molecule has 2 rings (SSSR count). The molecule has 0 bridgehead atoms. The number of nitrogens with one attached hydrogen (secondary N) is 1. The average molecular weight is 597 g/mol. The van der Waals surface area contributed by atoms with Crippen LogP contribution in [0.4, 0.5) is 26.3 Å². The fourth-order valence-electron chi connectivity index (χ4n) is 3.15. The lowest BCUT2D eigenvalue weighted by Crippen LogP contribution is -2.39. The molecule has 0 saturated heterocycles. The molecule has 1 amide bonds. The first-order valence-corrected chi connectivity index (χ1v) is 12.9. The van der Waals surface area contributed by atoms with Crippen molar-refractivity contribution in [2.45, 2.75) is 31.2 Å². The van der Waals surface area contributed by atoms with Gasteiger partial charge in [-0.1, -0.05) is 59.1 Å². The molecular formula is C22H18Cl3F6NO3S. The molecule has 1 N–H and O–H groups in total. The highest BCUT2D eigenvalue weighted by atomic mass is 35.5. The normalized spacial score (nSPS) is 14.6. The molecule has 2 aromatic rings. The van der Waals surface area contributed by atoms with Crippen LogP contribution >= 0.6 is 34.8 Å². The molecule has 0 aliphatic rings. The second-order valence-corrected chi connectivity index (χ2v) is 11.1. The molecule has 0 aliphatic heterocycles. The van der Waals surface area contributed by atoms with Crippen molar-refractivity contribution in [2.75, 3.05) is 11.5 Å². The van der Waals surface area contributed by atoms with Gasteiger partial charge in [-0.25, -0.2) is 8.42 Å². The molecule has 0 aliphatic carbocycles. The maximum atomic E-state index is 13.6. The van der Waals surface area contributed by atoms with Gasteiger partial charge in [0, 0.05) is 11.6 Å². The van der Waals surface area contributed by atoms with Crippen LogP contribution in [0.15, 0.2) is 42.5 Å². The highest BCUT2D eigenvalue weighted by Crippen LogP contribution is 2.41. The van der Waals surface area contributed by atoms with Crippen LogP contribution in [0.2, 0.25) is 15.1 Å². The Morgan fingerprint density at radius 1 is 1.00 bits per heavy atom. The summed E-state index contributed by atoms with van der Waals surface area (Å²) >= 11 is 17.5. The Balaban J connectivity index is 2.13. The zero-order valence-corrected chi connectivity index (χ0v) is 21.3. The molecule has 36 heavy (non-hydrogen) atoms. The van der Waals surface area contributed by atoms with Gasteiger partial charge in [0.1, 0.15) is 5.75 Å². The van der Waals surface area contributed by atoms with Crippen molar-refractivity contribution in [3.63, 3.8) is 0 Å². The molecule has 4 nitrogen and oxygen atoms in total. The van der Waals surface area contributed by atoms with Crippen LogP contribution in [0.3, 0.4) is 0 Å². The van der Waals surface area contributed by atoms with Crippen LogP contribution in [0, 0.1) is 0 Å². The predicted molar refractivity (Wildman–Crippen MR) is 127 cm³/mol. The van der Waals surface area contributed by atoms with E-state index in [0.29, 0.717) is 5.56 Å². The Morgan fingerprint density at radius 2 is 1.53 bits per heavy atom. The molecule has 0 radical (unpaired) electrons. The number of amides is 1. The van der Waals surface area contributed by atoms with Crippen molar-refractivity contribution in [3.8, 4) is 0 Å². The maximum absolute atomic E-state index is 13.6. The Morgan fingerprint density at radius 3 is 2.00 bits per heavy atom. The van der Waals surface area contributed by atoms with Crippen molar-refractivity contribution >= 4 is 56.6 Å². The van der Waals surface area contributed by atoms with Crippen LogP contribution in [0.1, 0.15) is 34.3 Å². The smallest absolute Gasteiger partial charge is 0.349 e. The monoisotopic (exact) mass is 595 g/mol. The van der Waals surface area contributed by atoms with Crippen molar-refractivity contribution in [1.29, 1.82) is 0 Å². The van der Waals surface area contributed by atoms with Crippen molar-refractivity contribution < 1.29 is 39.6 Å². The number of benzene rings is 2. The van der Waals surface area contributed by atoms with Crippen molar-refractivity contribution in [1.82, 2.24) is 5.32 Å². The van der Waals surface area contributed by atoms with Gasteiger partial charge in [-0.3, -0.25) is 4.79 Å². The first-order chi connectivity index (χ1) is 16.4. The average Bonchev–Trinajstić information content (AvgIpc) is 2.69. The molecule has 198 valence electrons. The summed E-state index contributed by atoms with van der Waals surface area (Å²) in [6.07, 6.45) is -7.54. The van der Waals surface area contributed by atoms with Crippen LogP contribution in [-0.4, -0.2) is 44.2 Å². The van der Waals surface area contributed by atoms with E-state index >= 15 is 0 Å². The van der Waals surface area contributed by atoms with Crippen LogP contribution in [0.5, 0.6) is 0 Å². The topological polar surface area (TPSA) is 63.2 Å². The first-order valence-electron chi connectivity index (χ1n) is 9.95. The lowest BCUT2D eigenvalue weighted by molar-refractivity contribution is -0.139. The van der Waals surface area contributed by atoms with Gasteiger partial charge in [-0.05, 0) is 42.3 Å². The number of rotatable bonds is 8. The number of halogens is 9. The summed E-state index contributed by atoms with van der Waals surface area (Å²) in [4.78, 5) is 12.3. The fraction of sp³-hybridized carbons (Fsp3) is 0.318. The van der Waals surface area contributed by atoms with E-state index in [1.54, 1.807) is 0 Å². The SMILES string of the molecule is C[C@H](CS(=O)(=O)CC(F)(F)F)NC(=O)c1ccc(/C=C/C(c2cc(Cl)c(Cl)c(Cl)c2)C(F)(F)F)cc1. The number of hydrogen-bond acceptors (Lipinski definition) is 3. The van der Waals surface area contributed by atoms with E-state index < -0.39 is 51.6 Å². The van der Waals surface area contributed by atoms with E-state index in [0.717, 1.165) is 18.2 Å². The van der Waals surface area contributed by atoms with Gasteiger partial charge < -0.3 is 5.32 Å².